The van der Waals surface area contributed by atoms with E-state index in [-0.39, 0.29) is 17.4 Å². The number of hydrazone groups is 1. The predicted octanol–water partition coefficient (Wildman–Crippen LogP) is 2.28. The molecule has 5 rings (SSSR count). The summed E-state index contributed by atoms with van der Waals surface area (Å²) < 4.78 is 16.3. The Morgan fingerprint density at radius 2 is 1.97 bits per heavy atom. The second kappa shape index (κ2) is 6.82. The number of amides is 1. The molecule has 0 saturated heterocycles. The number of carbonyl (C=O) groups is 1. The van der Waals surface area contributed by atoms with E-state index in [2.05, 4.69) is 26.3 Å². The molecule has 3 aromatic rings. The average molecular weight is 390 g/mol. The van der Waals surface area contributed by atoms with E-state index >= 15 is 0 Å². The van der Waals surface area contributed by atoms with E-state index in [1.54, 1.807) is 30.2 Å². The number of nitrogens with zero attached hydrogens (tertiary/aromatic N) is 3. The summed E-state index contributed by atoms with van der Waals surface area (Å²) in [7, 11) is 1.77. The van der Waals surface area contributed by atoms with Gasteiger partial charge in [-0.05, 0) is 41.0 Å². The van der Waals surface area contributed by atoms with Crippen LogP contribution in [-0.4, -0.2) is 21.4 Å². The number of carbonyl (C=O) groups excluding carboxylic acids is 1. The van der Waals surface area contributed by atoms with Crippen molar-refractivity contribution in [2.75, 3.05) is 5.32 Å². The van der Waals surface area contributed by atoms with E-state index in [0.717, 1.165) is 13.1 Å². The highest BCUT2D eigenvalue weighted by molar-refractivity contribution is 6.49. The van der Waals surface area contributed by atoms with Crippen LogP contribution in [0.25, 0.3) is 11.1 Å². The van der Waals surface area contributed by atoms with E-state index in [0.29, 0.717) is 34.5 Å². The highest BCUT2D eigenvalue weighted by Gasteiger charge is 2.24. The van der Waals surface area contributed by atoms with Gasteiger partial charge in [-0.25, -0.2) is 4.39 Å². The van der Waals surface area contributed by atoms with Gasteiger partial charge in [0.1, 0.15) is 5.82 Å². The minimum absolute atomic E-state index is 0.231. The van der Waals surface area contributed by atoms with E-state index in [4.69, 9.17) is 0 Å². The third kappa shape index (κ3) is 3.17. The maximum Gasteiger partial charge on any atom is 0.276 e. The molecule has 1 aromatic heterocycles. The van der Waals surface area contributed by atoms with Crippen molar-refractivity contribution in [3.05, 3.63) is 70.8 Å². The molecule has 2 aromatic carbocycles. The van der Waals surface area contributed by atoms with Crippen LogP contribution in [-0.2, 0) is 31.5 Å². The summed E-state index contributed by atoms with van der Waals surface area (Å²) in [6, 6.07) is 8.99. The first-order valence-corrected chi connectivity index (χ1v) is 9.35. The van der Waals surface area contributed by atoms with Crippen LogP contribution in [0.15, 0.2) is 47.8 Å². The molecule has 0 fully saturated rings. The molecule has 1 amide bonds. The molecule has 0 saturated carbocycles. The van der Waals surface area contributed by atoms with Crippen molar-refractivity contribution in [3.63, 3.8) is 0 Å². The fraction of sp³-hybridized carbons (Fsp3) is 0.190. The maximum absolute atomic E-state index is 14.7. The number of fused-ring (bicyclic) bond motifs is 2. The van der Waals surface area contributed by atoms with Crippen molar-refractivity contribution in [2.24, 2.45) is 12.1 Å². The van der Waals surface area contributed by atoms with Gasteiger partial charge >= 0.3 is 0 Å². The molecule has 2 aliphatic heterocycles. The highest BCUT2D eigenvalue weighted by Crippen LogP contribution is 2.28. The van der Waals surface area contributed by atoms with Gasteiger partial charge in [0.2, 0.25) is 0 Å². The van der Waals surface area contributed by atoms with Crippen molar-refractivity contribution in [2.45, 2.75) is 19.6 Å². The second-order valence-electron chi connectivity index (χ2n) is 7.23. The standard InChI is InChI=1S/C21H19FN6O/c1-28-11-15(10-25-28)17-6-18-14(5-19(17)22)9-24-27-20(18)21(29)26-16-3-2-12-7-23-8-13(12)4-16/h2-6,10-11,23-24H,7-9H2,1H3,(H,26,29). The minimum Gasteiger partial charge on any atom is -0.321 e. The third-order valence-electron chi connectivity index (χ3n) is 5.23. The van der Waals surface area contributed by atoms with Crippen LogP contribution in [0, 0.1) is 5.82 Å². The van der Waals surface area contributed by atoms with E-state index in [9.17, 15) is 9.18 Å². The van der Waals surface area contributed by atoms with E-state index < -0.39 is 0 Å². The number of hydrogen-bond acceptors (Lipinski definition) is 5. The topological polar surface area (TPSA) is 83.3 Å². The van der Waals surface area contributed by atoms with Gasteiger partial charge in [-0.2, -0.15) is 10.2 Å². The number of nitrogens with one attached hydrogen (secondary N) is 3. The lowest BCUT2D eigenvalue weighted by Gasteiger charge is -2.19. The second-order valence-corrected chi connectivity index (χ2v) is 7.23. The number of hydrogen-bond donors (Lipinski definition) is 3. The lowest BCUT2D eigenvalue weighted by Crippen LogP contribution is -2.31. The van der Waals surface area contributed by atoms with Crippen molar-refractivity contribution in [1.29, 1.82) is 0 Å². The van der Waals surface area contributed by atoms with Crippen molar-refractivity contribution in [1.82, 2.24) is 20.5 Å². The maximum atomic E-state index is 14.7. The summed E-state index contributed by atoms with van der Waals surface area (Å²) >= 11 is 0. The lowest BCUT2D eigenvalue weighted by molar-refractivity contribution is -0.110. The molecule has 0 radical (unpaired) electrons. The first kappa shape index (κ1) is 17.6. The Bertz CT molecular complexity index is 1170. The van der Waals surface area contributed by atoms with Crippen LogP contribution in [0.5, 0.6) is 0 Å². The minimum atomic E-state index is -0.355. The van der Waals surface area contributed by atoms with Crippen LogP contribution >= 0.6 is 0 Å². The van der Waals surface area contributed by atoms with Crippen LogP contribution in [0.2, 0.25) is 0 Å². The number of rotatable bonds is 3. The van der Waals surface area contributed by atoms with Crippen LogP contribution < -0.4 is 16.1 Å². The Kier molecular flexibility index (Phi) is 4.13. The average Bonchev–Trinajstić information content (AvgIpc) is 3.35. The zero-order valence-electron chi connectivity index (χ0n) is 15.8. The molecule has 146 valence electrons. The fourth-order valence-corrected chi connectivity index (χ4v) is 3.76. The molecule has 0 spiro atoms. The Balaban J connectivity index is 1.47. The molecule has 3 N–H and O–H groups in total. The Morgan fingerprint density at radius 3 is 2.79 bits per heavy atom. The summed E-state index contributed by atoms with van der Waals surface area (Å²) in [6.07, 6.45) is 3.34. The van der Waals surface area contributed by atoms with Crippen LogP contribution in [0.1, 0.15) is 22.3 Å². The van der Waals surface area contributed by atoms with Crippen LogP contribution in [0.4, 0.5) is 10.1 Å². The number of anilines is 1. The monoisotopic (exact) mass is 390 g/mol. The summed E-state index contributed by atoms with van der Waals surface area (Å²) in [4.78, 5) is 13.0. The zero-order valence-corrected chi connectivity index (χ0v) is 15.8. The normalized spacial score (nSPS) is 14.6. The SMILES string of the molecule is Cn1cc(-c2cc3c(cc2F)CNN=C3C(=O)Nc2ccc3c(c2)CNC3)cn1. The van der Waals surface area contributed by atoms with E-state index in [1.165, 1.54) is 17.2 Å². The van der Waals surface area contributed by atoms with Gasteiger partial charge in [0.15, 0.2) is 5.71 Å². The summed E-state index contributed by atoms with van der Waals surface area (Å²) in [5.41, 5.74) is 8.52. The Labute approximate surface area is 166 Å². The van der Waals surface area contributed by atoms with Crippen molar-refractivity contribution in [3.8, 4) is 11.1 Å². The number of benzene rings is 2. The highest BCUT2D eigenvalue weighted by atomic mass is 19.1. The molecular formula is C21H19FN6O. The molecule has 2 aliphatic rings. The number of aromatic nitrogens is 2. The molecule has 0 atom stereocenters. The summed E-state index contributed by atoms with van der Waals surface area (Å²) in [5.74, 6) is -0.695. The molecule has 7 nitrogen and oxygen atoms in total. The summed E-state index contributed by atoms with van der Waals surface area (Å²) in [5, 5.41) is 14.5. The van der Waals surface area contributed by atoms with Gasteiger partial charge in [-0.15, -0.1) is 0 Å². The number of halogens is 1. The van der Waals surface area contributed by atoms with Gasteiger partial charge in [-0.3, -0.25) is 9.48 Å². The fourth-order valence-electron chi connectivity index (χ4n) is 3.76. The molecule has 0 unspecified atom stereocenters. The zero-order chi connectivity index (χ0) is 20.0. The molecule has 0 aliphatic carbocycles. The molecule has 8 heteroatoms. The molecule has 3 heterocycles. The van der Waals surface area contributed by atoms with E-state index in [1.807, 2.05) is 18.2 Å². The van der Waals surface area contributed by atoms with Gasteiger partial charge in [0.05, 0.1) is 12.7 Å². The van der Waals surface area contributed by atoms with Crippen molar-refractivity contribution >= 4 is 17.3 Å². The lowest BCUT2D eigenvalue weighted by atomic mass is 9.95. The smallest absolute Gasteiger partial charge is 0.276 e. The predicted molar refractivity (Wildman–Crippen MR) is 108 cm³/mol. The first-order chi connectivity index (χ1) is 14.1. The van der Waals surface area contributed by atoms with Gasteiger partial charge in [0.25, 0.3) is 5.91 Å². The van der Waals surface area contributed by atoms with Crippen molar-refractivity contribution < 1.29 is 9.18 Å². The molecular weight excluding hydrogens is 371 g/mol. The molecule has 0 bridgehead atoms. The Hall–Kier alpha value is -3.52. The Morgan fingerprint density at radius 1 is 1.10 bits per heavy atom. The molecule has 29 heavy (non-hydrogen) atoms. The van der Waals surface area contributed by atoms with Gasteiger partial charge in [-0.1, -0.05) is 6.07 Å². The quantitative estimate of drug-likeness (QED) is 0.641. The van der Waals surface area contributed by atoms with Crippen LogP contribution in [0.3, 0.4) is 0 Å². The van der Waals surface area contributed by atoms with Gasteiger partial charge in [0, 0.05) is 48.7 Å². The summed E-state index contributed by atoms with van der Waals surface area (Å²) in [6.45, 7) is 2.00. The van der Waals surface area contributed by atoms with Gasteiger partial charge < -0.3 is 16.1 Å². The number of aryl methyl sites for hydroxylation is 1. The third-order valence-corrected chi connectivity index (χ3v) is 5.23. The first-order valence-electron chi connectivity index (χ1n) is 9.35. The largest absolute Gasteiger partial charge is 0.321 e.